The first-order valence-corrected chi connectivity index (χ1v) is 8.06. The van der Waals surface area contributed by atoms with Crippen molar-refractivity contribution >= 4 is 23.6 Å². The Hall–Kier alpha value is -1.96. The molecule has 0 saturated carbocycles. The molecule has 1 saturated heterocycles. The summed E-state index contributed by atoms with van der Waals surface area (Å²) in [6, 6.07) is -0.850. The Morgan fingerprint density at radius 2 is 1.92 bits per heavy atom. The van der Waals surface area contributed by atoms with Crippen molar-refractivity contribution in [2.75, 3.05) is 27.2 Å². The van der Waals surface area contributed by atoms with Gasteiger partial charge in [-0.15, -0.1) is 0 Å². The zero-order valence-electron chi connectivity index (χ0n) is 14.8. The Bertz CT molecular complexity index is 520. The van der Waals surface area contributed by atoms with Crippen LogP contribution < -0.4 is 5.32 Å². The van der Waals surface area contributed by atoms with Crippen LogP contribution in [0.15, 0.2) is 0 Å². The van der Waals surface area contributed by atoms with Gasteiger partial charge in [-0.25, -0.2) is 0 Å². The average Bonchev–Trinajstić information content (AvgIpc) is 2.85. The molecule has 0 aromatic rings. The van der Waals surface area contributed by atoms with E-state index in [1.807, 2.05) is 0 Å². The number of nitrogens with zero attached hydrogens (tertiary/aromatic N) is 2. The molecule has 2 amide bonds. The van der Waals surface area contributed by atoms with E-state index in [1.54, 1.807) is 30.8 Å². The van der Waals surface area contributed by atoms with Crippen molar-refractivity contribution in [2.45, 2.75) is 51.1 Å². The predicted octanol–water partition coefficient (Wildman–Crippen LogP) is -0.132. The molecule has 0 aliphatic carbocycles. The van der Waals surface area contributed by atoms with E-state index in [-0.39, 0.29) is 31.1 Å². The number of likely N-dealkylation sites (N-methyl/N-ethyl adjacent to an activating group) is 1. The summed E-state index contributed by atoms with van der Waals surface area (Å²) in [7, 11) is 3.56. The second kappa shape index (κ2) is 8.23. The van der Waals surface area contributed by atoms with E-state index in [2.05, 4.69) is 5.32 Å². The maximum atomic E-state index is 12.7. The minimum atomic E-state index is -1.02. The minimum Gasteiger partial charge on any atom is -0.481 e. The van der Waals surface area contributed by atoms with E-state index < -0.39 is 23.5 Å². The summed E-state index contributed by atoms with van der Waals surface area (Å²) in [5.41, 5.74) is -1.01. The summed E-state index contributed by atoms with van der Waals surface area (Å²) in [4.78, 5) is 50.7. The average molecular weight is 341 g/mol. The molecule has 2 atom stereocenters. The second-order valence-corrected chi connectivity index (χ2v) is 6.73. The number of rotatable bonds is 8. The van der Waals surface area contributed by atoms with Gasteiger partial charge in [-0.3, -0.25) is 19.2 Å². The lowest BCUT2D eigenvalue weighted by atomic mass is 9.96. The Morgan fingerprint density at radius 3 is 2.42 bits per heavy atom. The number of amides is 2. The highest BCUT2D eigenvalue weighted by Gasteiger charge is 2.46. The minimum absolute atomic E-state index is 0.0398. The van der Waals surface area contributed by atoms with Crippen LogP contribution in [0, 0.1) is 0 Å². The third kappa shape index (κ3) is 5.02. The summed E-state index contributed by atoms with van der Waals surface area (Å²) >= 11 is 0. The number of carboxylic acids is 1. The van der Waals surface area contributed by atoms with Gasteiger partial charge in [0, 0.05) is 13.0 Å². The molecule has 136 valence electrons. The van der Waals surface area contributed by atoms with Gasteiger partial charge in [-0.2, -0.15) is 0 Å². The van der Waals surface area contributed by atoms with Crippen molar-refractivity contribution in [2.24, 2.45) is 0 Å². The van der Waals surface area contributed by atoms with Gasteiger partial charge < -0.3 is 20.2 Å². The van der Waals surface area contributed by atoms with Crippen LogP contribution in [-0.4, -0.2) is 77.2 Å². The lowest BCUT2D eigenvalue weighted by Gasteiger charge is -2.35. The molecule has 2 N–H and O–H groups in total. The van der Waals surface area contributed by atoms with Gasteiger partial charge in [0.15, 0.2) is 5.78 Å². The van der Waals surface area contributed by atoms with E-state index in [4.69, 9.17) is 5.11 Å². The standard InChI is InChI=1S/C16H27N3O5/c1-11(20)12(6-7-14(22)23)17-15(24)16(2)8-5-9-19(16)13(21)10-18(3)4/h12H,5-10H2,1-4H3,(H,17,24)(H,22,23). The normalized spacial score (nSPS) is 21.6. The van der Waals surface area contributed by atoms with Gasteiger partial charge in [0.1, 0.15) is 5.54 Å². The zero-order chi connectivity index (χ0) is 18.5. The van der Waals surface area contributed by atoms with Crippen LogP contribution in [0.2, 0.25) is 0 Å². The number of likely N-dealkylation sites (tertiary alicyclic amines) is 1. The van der Waals surface area contributed by atoms with E-state index in [1.165, 1.54) is 6.92 Å². The number of hydrogen-bond donors (Lipinski definition) is 2. The number of nitrogens with one attached hydrogen (secondary N) is 1. The Labute approximate surface area is 142 Å². The van der Waals surface area contributed by atoms with Crippen LogP contribution in [0.4, 0.5) is 0 Å². The first-order chi connectivity index (χ1) is 11.1. The molecule has 1 fully saturated rings. The van der Waals surface area contributed by atoms with Crippen LogP contribution in [0.1, 0.15) is 39.5 Å². The maximum Gasteiger partial charge on any atom is 0.303 e. The SMILES string of the molecule is CC(=O)C(CCC(=O)O)NC(=O)C1(C)CCCN1C(=O)CN(C)C. The molecular weight excluding hydrogens is 314 g/mol. The molecular formula is C16H27N3O5. The van der Waals surface area contributed by atoms with Crippen molar-refractivity contribution in [3.63, 3.8) is 0 Å². The van der Waals surface area contributed by atoms with Crippen LogP contribution in [0.3, 0.4) is 0 Å². The molecule has 0 radical (unpaired) electrons. The fourth-order valence-corrected chi connectivity index (χ4v) is 2.91. The summed E-state index contributed by atoms with van der Waals surface area (Å²) in [5, 5.41) is 11.4. The van der Waals surface area contributed by atoms with Crippen LogP contribution in [0.25, 0.3) is 0 Å². The molecule has 0 bridgehead atoms. The number of carbonyl (C=O) groups excluding carboxylic acids is 3. The van der Waals surface area contributed by atoms with E-state index in [0.29, 0.717) is 19.4 Å². The molecule has 24 heavy (non-hydrogen) atoms. The number of aliphatic carboxylic acids is 1. The molecule has 1 rings (SSSR count). The number of carboxylic acid groups (broad SMARTS) is 1. The Kier molecular flexibility index (Phi) is 6.89. The van der Waals surface area contributed by atoms with Gasteiger partial charge in [-0.1, -0.05) is 0 Å². The summed E-state index contributed by atoms with van der Waals surface area (Å²) < 4.78 is 0. The third-order valence-corrected chi connectivity index (χ3v) is 4.33. The van der Waals surface area contributed by atoms with Crippen molar-refractivity contribution in [1.82, 2.24) is 15.1 Å². The molecule has 1 heterocycles. The molecule has 1 aliphatic rings. The largest absolute Gasteiger partial charge is 0.481 e. The molecule has 0 aromatic carbocycles. The smallest absolute Gasteiger partial charge is 0.303 e. The third-order valence-electron chi connectivity index (χ3n) is 4.33. The van der Waals surface area contributed by atoms with Gasteiger partial charge in [0.05, 0.1) is 12.6 Å². The van der Waals surface area contributed by atoms with Crippen molar-refractivity contribution in [1.29, 1.82) is 0 Å². The van der Waals surface area contributed by atoms with Crippen molar-refractivity contribution in [3.05, 3.63) is 0 Å². The van der Waals surface area contributed by atoms with Gasteiger partial charge in [-0.05, 0) is 47.2 Å². The van der Waals surface area contributed by atoms with Crippen molar-refractivity contribution < 1.29 is 24.3 Å². The van der Waals surface area contributed by atoms with Crippen LogP contribution >= 0.6 is 0 Å². The van der Waals surface area contributed by atoms with Gasteiger partial charge >= 0.3 is 5.97 Å². The second-order valence-electron chi connectivity index (χ2n) is 6.73. The fourth-order valence-electron chi connectivity index (χ4n) is 2.91. The van der Waals surface area contributed by atoms with E-state index in [9.17, 15) is 19.2 Å². The lowest BCUT2D eigenvalue weighted by molar-refractivity contribution is -0.145. The van der Waals surface area contributed by atoms with E-state index >= 15 is 0 Å². The maximum absolute atomic E-state index is 12.7. The predicted molar refractivity (Wildman–Crippen MR) is 87.4 cm³/mol. The molecule has 0 aromatic heterocycles. The highest BCUT2D eigenvalue weighted by molar-refractivity contribution is 5.95. The van der Waals surface area contributed by atoms with E-state index in [0.717, 1.165) is 0 Å². The molecule has 8 nitrogen and oxygen atoms in total. The summed E-state index contributed by atoms with van der Waals surface area (Å²) in [5.74, 6) is -1.86. The molecule has 0 spiro atoms. The van der Waals surface area contributed by atoms with Gasteiger partial charge in [0.2, 0.25) is 11.8 Å². The van der Waals surface area contributed by atoms with Crippen LogP contribution in [0.5, 0.6) is 0 Å². The number of ketones is 1. The summed E-state index contributed by atoms with van der Waals surface area (Å²) in [6.07, 6.45) is 1.06. The zero-order valence-corrected chi connectivity index (χ0v) is 14.8. The lowest BCUT2D eigenvalue weighted by Crippen LogP contribution is -2.59. The quantitative estimate of drug-likeness (QED) is 0.637. The number of Topliss-reactive ketones (excluding diaryl/α,β-unsaturated/α-hetero) is 1. The number of hydrogen-bond acceptors (Lipinski definition) is 5. The molecule has 2 unspecified atom stereocenters. The highest BCUT2D eigenvalue weighted by Crippen LogP contribution is 2.29. The Balaban J connectivity index is 2.83. The Morgan fingerprint density at radius 1 is 1.29 bits per heavy atom. The number of carbonyl (C=O) groups is 4. The fraction of sp³-hybridized carbons (Fsp3) is 0.750. The van der Waals surface area contributed by atoms with Crippen LogP contribution in [-0.2, 0) is 19.2 Å². The monoisotopic (exact) mass is 341 g/mol. The summed E-state index contributed by atoms with van der Waals surface area (Å²) in [6.45, 7) is 3.71. The van der Waals surface area contributed by atoms with Gasteiger partial charge in [0.25, 0.3) is 0 Å². The molecule has 1 aliphatic heterocycles. The topological polar surface area (TPSA) is 107 Å². The first kappa shape index (κ1) is 20.1. The van der Waals surface area contributed by atoms with Crippen molar-refractivity contribution in [3.8, 4) is 0 Å². The highest BCUT2D eigenvalue weighted by atomic mass is 16.4. The first-order valence-electron chi connectivity index (χ1n) is 8.06. The molecule has 8 heteroatoms.